The molecule has 1 aromatic heterocycles. The lowest BCUT2D eigenvalue weighted by Gasteiger charge is -2.27. The third-order valence-electron chi connectivity index (χ3n) is 6.47. The van der Waals surface area contributed by atoms with Gasteiger partial charge in [-0.3, -0.25) is 0 Å². The van der Waals surface area contributed by atoms with Crippen LogP contribution in [0.3, 0.4) is 0 Å². The van der Waals surface area contributed by atoms with Gasteiger partial charge >= 0.3 is 0 Å². The molecule has 2 saturated heterocycles. The number of likely N-dealkylation sites (tertiary alicyclic amines) is 1. The molecule has 0 saturated carbocycles. The molecule has 4 rings (SSSR count). The molecule has 2 aliphatic rings. The van der Waals surface area contributed by atoms with Crippen molar-refractivity contribution in [2.24, 2.45) is 0 Å². The van der Waals surface area contributed by atoms with Crippen LogP contribution in [0, 0.1) is 11.8 Å². The van der Waals surface area contributed by atoms with Crippen LogP contribution in [-0.4, -0.2) is 86.8 Å². The quantitative estimate of drug-likeness (QED) is 0.618. The molecule has 0 aliphatic carbocycles. The minimum absolute atomic E-state index is 0.775. The lowest BCUT2D eigenvalue weighted by atomic mass is 10.1. The van der Waals surface area contributed by atoms with Crippen LogP contribution in [0.25, 0.3) is 10.9 Å². The average molecular weight is 451 g/mol. The predicted octanol–water partition coefficient (Wildman–Crippen LogP) is 3.44. The SMILES string of the molecule is COc1cc2c(NCCN3CCCC3)nc(N3CCCCC3)nc2cc1C#CCCN(C)C. The van der Waals surface area contributed by atoms with E-state index in [0.29, 0.717) is 0 Å². The predicted molar refractivity (Wildman–Crippen MR) is 136 cm³/mol. The summed E-state index contributed by atoms with van der Waals surface area (Å²) in [7, 11) is 5.83. The van der Waals surface area contributed by atoms with Gasteiger partial charge in [-0.15, -0.1) is 0 Å². The molecule has 178 valence electrons. The first-order valence-electron chi connectivity index (χ1n) is 12.4. The van der Waals surface area contributed by atoms with Crippen LogP contribution < -0.4 is 15.0 Å². The van der Waals surface area contributed by atoms with Crippen molar-refractivity contribution in [3.8, 4) is 17.6 Å². The zero-order chi connectivity index (χ0) is 23.0. The summed E-state index contributed by atoms with van der Waals surface area (Å²) in [5, 5.41) is 4.61. The molecule has 0 atom stereocenters. The fraction of sp³-hybridized carbons (Fsp3) is 0.615. The Morgan fingerprint density at radius 2 is 1.79 bits per heavy atom. The molecule has 2 aliphatic heterocycles. The highest BCUT2D eigenvalue weighted by Crippen LogP contribution is 2.31. The van der Waals surface area contributed by atoms with Gasteiger partial charge < -0.3 is 24.8 Å². The van der Waals surface area contributed by atoms with Crippen LogP contribution in [0.1, 0.15) is 44.1 Å². The Morgan fingerprint density at radius 3 is 2.52 bits per heavy atom. The van der Waals surface area contributed by atoms with E-state index in [1.807, 2.05) is 6.07 Å². The molecule has 0 amide bonds. The van der Waals surface area contributed by atoms with Crippen molar-refractivity contribution in [1.82, 2.24) is 19.8 Å². The number of ether oxygens (including phenoxy) is 1. The van der Waals surface area contributed by atoms with Gasteiger partial charge in [0.2, 0.25) is 5.95 Å². The van der Waals surface area contributed by atoms with Gasteiger partial charge in [0.15, 0.2) is 0 Å². The number of rotatable bonds is 8. The summed E-state index contributed by atoms with van der Waals surface area (Å²) in [6.07, 6.45) is 7.13. The first-order chi connectivity index (χ1) is 16.1. The van der Waals surface area contributed by atoms with Crippen LogP contribution in [0.15, 0.2) is 12.1 Å². The third kappa shape index (κ3) is 6.27. The third-order valence-corrected chi connectivity index (χ3v) is 6.47. The van der Waals surface area contributed by atoms with Crippen molar-refractivity contribution in [3.63, 3.8) is 0 Å². The Labute approximate surface area is 198 Å². The van der Waals surface area contributed by atoms with Gasteiger partial charge in [0.25, 0.3) is 0 Å². The first-order valence-corrected chi connectivity index (χ1v) is 12.4. The van der Waals surface area contributed by atoms with Crippen molar-refractivity contribution in [3.05, 3.63) is 17.7 Å². The summed E-state index contributed by atoms with van der Waals surface area (Å²) in [5.41, 5.74) is 1.81. The number of benzene rings is 1. The van der Waals surface area contributed by atoms with Gasteiger partial charge in [-0.2, -0.15) is 4.98 Å². The normalized spacial score (nSPS) is 16.8. The number of hydrogen-bond donors (Lipinski definition) is 1. The minimum Gasteiger partial charge on any atom is -0.495 e. The topological polar surface area (TPSA) is 56.8 Å². The Morgan fingerprint density at radius 1 is 1.03 bits per heavy atom. The Hall–Kier alpha value is -2.56. The molecule has 33 heavy (non-hydrogen) atoms. The van der Waals surface area contributed by atoms with Crippen molar-refractivity contribution in [1.29, 1.82) is 0 Å². The van der Waals surface area contributed by atoms with E-state index in [0.717, 1.165) is 73.1 Å². The van der Waals surface area contributed by atoms with Crippen LogP contribution in [0.2, 0.25) is 0 Å². The van der Waals surface area contributed by atoms with E-state index < -0.39 is 0 Å². The van der Waals surface area contributed by atoms with E-state index >= 15 is 0 Å². The molecule has 0 bridgehead atoms. The minimum atomic E-state index is 0.775. The second-order valence-electron chi connectivity index (χ2n) is 9.32. The number of anilines is 2. The van der Waals surface area contributed by atoms with E-state index in [-0.39, 0.29) is 0 Å². The summed E-state index contributed by atoms with van der Waals surface area (Å²) in [5.74, 6) is 9.08. The molecule has 2 aromatic rings. The fourth-order valence-corrected chi connectivity index (χ4v) is 4.56. The molecular formula is C26H38N6O. The Kier molecular flexibility index (Phi) is 8.25. The largest absolute Gasteiger partial charge is 0.495 e. The van der Waals surface area contributed by atoms with E-state index in [9.17, 15) is 0 Å². The highest BCUT2D eigenvalue weighted by Gasteiger charge is 2.18. The molecule has 0 spiro atoms. The maximum Gasteiger partial charge on any atom is 0.227 e. The van der Waals surface area contributed by atoms with Crippen molar-refractivity contribution in [2.75, 3.05) is 77.2 Å². The van der Waals surface area contributed by atoms with Crippen LogP contribution in [0.5, 0.6) is 5.75 Å². The molecule has 1 N–H and O–H groups in total. The van der Waals surface area contributed by atoms with E-state index in [1.54, 1.807) is 7.11 Å². The molecule has 0 unspecified atom stereocenters. The average Bonchev–Trinajstić information content (AvgIpc) is 3.35. The lowest BCUT2D eigenvalue weighted by molar-refractivity contribution is 0.352. The molecule has 7 heteroatoms. The maximum atomic E-state index is 5.70. The number of fused-ring (bicyclic) bond motifs is 1. The summed E-state index contributed by atoms with van der Waals surface area (Å²) in [6.45, 7) is 7.30. The Balaban J connectivity index is 1.64. The smallest absolute Gasteiger partial charge is 0.227 e. The first kappa shape index (κ1) is 23.6. The monoisotopic (exact) mass is 450 g/mol. The summed E-state index contributed by atoms with van der Waals surface area (Å²) < 4.78 is 5.70. The second-order valence-corrected chi connectivity index (χ2v) is 9.32. The molecule has 7 nitrogen and oxygen atoms in total. The summed E-state index contributed by atoms with van der Waals surface area (Å²) >= 11 is 0. The van der Waals surface area contributed by atoms with E-state index in [2.05, 4.69) is 52.0 Å². The molecule has 2 fully saturated rings. The van der Waals surface area contributed by atoms with Gasteiger partial charge in [-0.1, -0.05) is 11.8 Å². The van der Waals surface area contributed by atoms with Crippen LogP contribution in [0.4, 0.5) is 11.8 Å². The van der Waals surface area contributed by atoms with Gasteiger partial charge in [0, 0.05) is 44.5 Å². The summed E-state index contributed by atoms with van der Waals surface area (Å²) in [6, 6.07) is 4.11. The van der Waals surface area contributed by atoms with Gasteiger partial charge in [-0.25, -0.2) is 4.98 Å². The van der Waals surface area contributed by atoms with Crippen molar-refractivity contribution in [2.45, 2.75) is 38.5 Å². The van der Waals surface area contributed by atoms with E-state index in [1.165, 1.54) is 45.2 Å². The Bertz CT molecular complexity index is 984. The molecule has 1 aromatic carbocycles. The van der Waals surface area contributed by atoms with Crippen LogP contribution in [-0.2, 0) is 0 Å². The molecule has 3 heterocycles. The number of piperidine rings is 1. The zero-order valence-electron chi connectivity index (χ0n) is 20.5. The number of hydrogen-bond acceptors (Lipinski definition) is 7. The van der Waals surface area contributed by atoms with Crippen molar-refractivity contribution < 1.29 is 4.74 Å². The van der Waals surface area contributed by atoms with Gasteiger partial charge in [0.05, 0.1) is 18.2 Å². The molecular weight excluding hydrogens is 412 g/mol. The highest BCUT2D eigenvalue weighted by atomic mass is 16.5. The second kappa shape index (κ2) is 11.5. The van der Waals surface area contributed by atoms with Gasteiger partial charge in [-0.05, 0) is 71.4 Å². The zero-order valence-corrected chi connectivity index (χ0v) is 20.5. The summed E-state index contributed by atoms with van der Waals surface area (Å²) in [4.78, 5) is 16.9. The van der Waals surface area contributed by atoms with Gasteiger partial charge in [0.1, 0.15) is 11.6 Å². The molecule has 0 radical (unpaired) electrons. The number of nitrogens with one attached hydrogen (secondary N) is 1. The number of methoxy groups -OCH3 is 1. The van der Waals surface area contributed by atoms with E-state index in [4.69, 9.17) is 14.7 Å². The van der Waals surface area contributed by atoms with Crippen LogP contribution >= 0.6 is 0 Å². The van der Waals surface area contributed by atoms with Crippen molar-refractivity contribution >= 4 is 22.7 Å². The highest BCUT2D eigenvalue weighted by molar-refractivity contribution is 5.92. The number of aromatic nitrogens is 2. The number of nitrogens with zero attached hydrogens (tertiary/aromatic N) is 5. The fourth-order valence-electron chi connectivity index (χ4n) is 4.56. The lowest BCUT2D eigenvalue weighted by Crippen LogP contribution is -2.31. The standard InChI is InChI=1S/C26H38N6O/c1-30(2)13-8-5-11-21-19-23-22(20-24(21)33-3)25(27-12-18-31-14-9-10-15-31)29-26(28-23)32-16-6-4-7-17-32/h19-20H,4,6-10,12-18H2,1-3H3,(H,27,28,29). The maximum absolute atomic E-state index is 5.70.